The Labute approximate surface area is 222 Å². The van der Waals surface area contributed by atoms with Crippen LogP contribution in [0.25, 0.3) is 22.8 Å². The number of rotatable bonds is 7. The van der Waals surface area contributed by atoms with Gasteiger partial charge in [0.1, 0.15) is 21.7 Å². The van der Waals surface area contributed by atoms with Gasteiger partial charge in [0.25, 0.3) is 0 Å². The average Bonchev–Trinajstić information content (AvgIpc) is 3.79. The van der Waals surface area contributed by atoms with Crippen LogP contribution in [0.1, 0.15) is 25.7 Å². The van der Waals surface area contributed by atoms with Gasteiger partial charge in [-0.15, -0.1) is 0 Å². The molecule has 2 heterocycles. The van der Waals surface area contributed by atoms with Gasteiger partial charge in [-0.3, -0.25) is 0 Å². The fourth-order valence-corrected chi connectivity index (χ4v) is 4.48. The molecule has 6 nitrogen and oxygen atoms in total. The second-order valence-corrected chi connectivity index (χ2v) is 10.2. The van der Waals surface area contributed by atoms with Gasteiger partial charge in [0, 0.05) is 28.4 Å². The van der Waals surface area contributed by atoms with Gasteiger partial charge in [-0.2, -0.15) is 0 Å². The maximum absolute atomic E-state index is 14.6. The quantitative estimate of drug-likeness (QED) is 0.260. The molecule has 0 atom stereocenters. The van der Waals surface area contributed by atoms with Crippen LogP contribution in [0.2, 0.25) is 15.1 Å². The van der Waals surface area contributed by atoms with E-state index in [2.05, 4.69) is 30.2 Å². The predicted octanol–water partition coefficient (Wildman–Crippen LogP) is 7.57. The van der Waals surface area contributed by atoms with E-state index in [-0.39, 0.29) is 17.4 Å². The minimum absolute atomic E-state index is 0.216. The molecule has 2 aliphatic rings. The van der Waals surface area contributed by atoms with Gasteiger partial charge in [-0.05, 0) is 56.0 Å². The molecule has 2 aromatic carbocycles. The second-order valence-electron chi connectivity index (χ2n) is 8.95. The first-order chi connectivity index (χ1) is 17.5. The molecule has 6 rings (SSSR count). The molecule has 0 radical (unpaired) electrons. The van der Waals surface area contributed by atoms with E-state index >= 15 is 0 Å². The fourth-order valence-electron chi connectivity index (χ4n) is 3.99. The van der Waals surface area contributed by atoms with E-state index in [1.165, 1.54) is 12.3 Å². The highest BCUT2D eigenvalue weighted by atomic mass is 35.5. The van der Waals surface area contributed by atoms with E-state index in [1.54, 1.807) is 18.3 Å². The van der Waals surface area contributed by atoms with Gasteiger partial charge in [0.2, 0.25) is 0 Å². The first-order valence-electron chi connectivity index (χ1n) is 11.6. The highest BCUT2D eigenvalue weighted by Crippen LogP contribution is 2.42. The fraction of sp³-hybridized carbons (Fsp3) is 0.231. The third kappa shape index (κ3) is 4.83. The standard InChI is InChI=1S/C26H20Cl3FN6/c27-15-4-9-19(22(30)11-15)24-32-13-21(29)26(35-24)36(17-7-8-17)18-3-1-2-14(10-18)23-31-12-20(28)25(34-23)33-16-5-6-16/h1-4,9-13,16-17H,5-8H2,(H,31,33,34). The van der Waals surface area contributed by atoms with E-state index in [0.717, 1.165) is 36.9 Å². The molecule has 0 amide bonds. The molecule has 36 heavy (non-hydrogen) atoms. The number of anilines is 3. The van der Waals surface area contributed by atoms with E-state index < -0.39 is 5.82 Å². The molecular formula is C26H20Cl3FN6. The van der Waals surface area contributed by atoms with Gasteiger partial charge in [-0.25, -0.2) is 24.3 Å². The molecule has 2 aromatic heterocycles. The summed E-state index contributed by atoms with van der Waals surface area (Å²) in [6.45, 7) is 0. The number of hydrogen-bond donors (Lipinski definition) is 1. The maximum Gasteiger partial charge on any atom is 0.164 e. The molecule has 4 aromatic rings. The lowest BCUT2D eigenvalue weighted by Gasteiger charge is -2.25. The van der Waals surface area contributed by atoms with Gasteiger partial charge >= 0.3 is 0 Å². The summed E-state index contributed by atoms with van der Waals surface area (Å²) in [5.41, 5.74) is 1.98. The van der Waals surface area contributed by atoms with Crippen molar-refractivity contribution in [1.82, 2.24) is 19.9 Å². The van der Waals surface area contributed by atoms with Crippen molar-refractivity contribution in [2.75, 3.05) is 10.2 Å². The predicted molar refractivity (Wildman–Crippen MR) is 142 cm³/mol. The van der Waals surface area contributed by atoms with Crippen LogP contribution >= 0.6 is 34.8 Å². The van der Waals surface area contributed by atoms with E-state index in [0.29, 0.717) is 38.6 Å². The summed E-state index contributed by atoms with van der Waals surface area (Å²) in [6, 6.07) is 12.9. The Morgan fingerprint density at radius 3 is 2.39 bits per heavy atom. The molecule has 0 spiro atoms. The van der Waals surface area contributed by atoms with Crippen LogP contribution in [0.5, 0.6) is 0 Å². The topological polar surface area (TPSA) is 66.8 Å². The van der Waals surface area contributed by atoms with E-state index in [4.69, 9.17) is 34.8 Å². The Hall–Kier alpha value is -3.00. The van der Waals surface area contributed by atoms with Crippen molar-refractivity contribution in [3.63, 3.8) is 0 Å². The van der Waals surface area contributed by atoms with Crippen LogP contribution in [-0.4, -0.2) is 32.0 Å². The first-order valence-corrected chi connectivity index (χ1v) is 12.8. The molecule has 0 unspecified atom stereocenters. The second kappa shape index (κ2) is 9.47. The minimum Gasteiger partial charge on any atom is -0.366 e. The van der Waals surface area contributed by atoms with Gasteiger partial charge in [-0.1, -0.05) is 46.9 Å². The highest BCUT2D eigenvalue weighted by molar-refractivity contribution is 6.33. The number of nitrogens with one attached hydrogen (secondary N) is 1. The van der Waals surface area contributed by atoms with Crippen LogP contribution in [0.4, 0.5) is 21.7 Å². The third-order valence-electron chi connectivity index (χ3n) is 6.08. The molecule has 0 bridgehead atoms. The number of halogens is 4. The van der Waals surface area contributed by atoms with Crippen molar-refractivity contribution in [1.29, 1.82) is 0 Å². The van der Waals surface area contributed by atoms with E-state index in [1.807, 2.05) is 24.3 Å². The van der Waals surface area contributed by atoms with Gasteiger partial charge in [0.15, 0.2) is 17.5 Å². The molecule has 182 valence electrons. The normalized spacial score (nSPS) is 15.1. The van der Waals surface area contributed by atoms with Gasteiger partial charge in [0.05, 0.1) is 18.0 Å². The Balaban J connectivity index is 1.39. The highest BCUT2D eigenvalue weighted by Gasteiger charge is 2.33. The largest absolute Gasteiger partial charge is 0.366 e. The molecule has 0 saturated heterocycles. The molecule has 2 fully saturated rings. The van der Waals surface area contributed by atoms with Crippen molar-refractivity contribution in [3.8, 4) is 22.8 Å². The Bertz CT molecular complexity index is 1460. The van der Waals surface area contributed by atoms with Crippen LogP contribution in [-0.2, 0) is 0 Å². The monoisotopic (exact) mass is 540 g/mol. The maximum atomic E-state index is 14.6. The van der Waals surface area contributed by atoms with Crippen LogP contribution < -0.4 is 10.2 Å². The number of nitrogens with zero attached hydrogens (tertiary/aromatic N) is 5. The number of aromatic nitrogens is 4. The number of hydrogen-bond acceptors (Lipinski definition) is 6. The van der Waals surface area contributed by atoms with Crippen molar-refractivity contribution in [3.05, 3.63) is 75.7 Å². The lowest BCUT2D eigenvalue weighted by atomic mass is 10.1. The van der Waals surface area contributed by atoms with Crippen molar-refractivity contribution in [2.24, 2.45) is 0 Å². The summed E-state index contributed by atoms with van der Waals surface area (Å²) in [5, 5.41) is 4.54. The summed E-state index contributed by atoms with van der Waals surface area (Å²) in [4.78, 5) is 20.1. The lowest BCUT2D eigenvalue weighted by Crippen LogP contribution is -2.21. The Morgan fingerprint density at radius 2 is 1.64 bits per heavy atom. The molecule has 0 aliphatic heterocycles. The Morgan fingerprint density at radius 1 is 0.861 bits per heavy atom. The zero-order chi connectivity index (χ0) is 24.8. The van der Waals surface area contributed by atoms with Crippen LogP contribution in [0.3, 0.4) is 0 Å². The molecule has 2 aliphatic carbocycles. The lowest BCUT2D eigenvalue weighted by molar-refractivity contribution is 0.630. The van der Waals surface area contributed by atoms with Gasteiger partial charge < -0.3 is 10.2 Å². The summed E-state index contributed by atoms with van der Waals surface area (Å²) < 4.78 is 14.6. The van der Waals surface area contributed by atoms with Crippen molar-refractivity contribution < 1.29 is 4.39 Å². The molecule has 1 N–H and O–H groups in total. The Kier molecular flexibility index (Phi) is 6.15. The van der Waals surface area contributed by atoms with Crippen LogP contribution in [0.15, 0.2) is 54.9 Å². The average molecular weight is 542 g/mol. The molecule has 10 heteroatoms. The molecular weight excluding hydrogens is 522 g/mol. The zero-order valence-corrected chi connectivity index (χ0v) is 21.2. The summed E-state index contributed by atoms with van der Waals surface area (Å²) >= 11 is 18.8. The van der Waals surface area contributed by atoms with Crippen LogP contribution in [0, 0.1) is 5.82 Å². The zero-order valence-electron chi connectivity index (χ0n) is 18.9. The minimum atomic E-state index is -0.494. The summed E-state index contributed by atoms with van der Waals surface area (Å²) in [5.74, 6) is 1.47. The SMILES string of the molecule is Fc1cc(Cl)ccc1-c1ncc(Cl)c(N(c2cccc(-c3ncc(Cl)c(NC4CC4)n3)c2)C2CC2)n1. The van der Waals surface area contributed by atoms with E-state index in [9.17, 15) is 4.39 Å². The third-order valence-corrected chi connectivity index (χ3v) is 6.86. The number of benzene rings is 2. The summed E-state index contributed by atoms with van der Waals surface area (Å²) in [6.07, 6.45) is 7.33. The van der Waals surface area contributed by atoms with Crippen molar-refractivity contribution in [2.45, 2.75) is 37.8 Å². The molecule has 2 saturated carbocycles. The summed E-state index contributed by atoms with van der Waals surface area (Å²) in [7, 11) is 0. The van der Waals surface area contributed by atoms with Crippen molar-refractivity contribution >= 4 is 52.1 Å². The smallest absolute Gasteiger partial charge is 0.164 e. The first kappa shape index (κ1) is 23.4.